The molecule has 0 atom stereocenters. The van der Waals surface area contributed by atoms with Crippen LogP contribution in [0.25, 0.3) is 55.1 Å². The predicted molar refractivity (Wildman–Crippen MR) is 136 cm³/mol. The first-order valence-electron chi connectivity index (χ1n) is 11.0. The van der Waals surface area contributed by atoms with Gasteiger partial charge in [-0.1, -0.05) is 72.8 Å². The molecule has 4 nitrogen and oxygen atoms in total. The lowest BCUT2D eigenvalue weighted by atomic mass is 10.1. The summed E-state index contributed by atoms with van der Waals surface area (Å²) in [6.07, 6.45) is 0. The highest BCUT2D eigenvalue weighted by Crippen LogP contribution is 2.38. The quantitative estimate of drug-likeness (QED) is 0.334. The molecule has 33 heavy (non-hydrogen) atoms. The number of aromatic nitrogens is 3. The van der Waals surface area contributed by atoms with Crippen molar-refractivity contribution in [2.24, 2.45) is 0 Å². The topological polar surface area (TPSA) is 42.7 Å². The van der Waals surface area contributed by atoms with Gasteiger partial charge in [-0.15, -0.1) is 0 Å². The van der Waals surface area contributed by atoms with Crippen LogP contribution in [0.2, 0.25) is 0 Å². The van der Waals surface area contributed by atoms with Gasteiger partial charge in [0.15, 0.2) is 0 Å². The maximum absolute atomic E-state index is 13.6. The Hall–Kier alpha value is -4.57. The Morgan fingerprint density at radius 3 is 1.64 bits per heavy atom. The van der Waals surface area contributed by atoms with Crippen molar-refractivity contribution in [1.29, 1.82) is 0 Å². The zero-order chi connectivity index (χ0) is 21.9. The predicted octanol–water partition coefficient (Wildman–Crippen LogP) is 6.57. The molecule has 1 N–H and O–H groups in total. The largest absolute Gasteiger partial charge is 0.319 e. The number of nitrogens with one attached hydrogen (secondary N) is 1. The van der Waals surface area contributed by atoms with Crippen molar-refractivity contribution >= 4 is 43.7 Å². The summed E-state index contributed by atoms with van der Waals surface area (Å²) in [6, 6.07) is 37.0. The third-order valence-corrected chi connectivity index (χ3v) is 6.47. The number of para-hydroxylation sites is 4. The Bertz CT molecular complexity index is 1870. The van der Waals surface area contributed by atoms with E-state index in [4.69, 9.17) is 0 Å². The fraction of sp³-hybridized carbons (Fsp3) is 0. The van der Waals surface area contributed by atoms with Crippen LogP contribution in [-0.4, -0.2) is 14.1 Å². The first-order valence-corrected chi connectivity index (χ1v) is 11.0. The SMILES string of the molecule is O=c1[nH]c2c3ccccc3n(-c3ccccc3)c2c2c1c1ccccc1n2-c1ccccc1. The number of hydrogen-bond acceptors (Lipinski definition) is 1. The molecule has 0 aliphatic carbocycles. The third-order valence-electron chi connectivity index (χ3n) is 6.47. The minimum absolute atomic E-state index is 0.0701. The van der Waals surface area contributed by atoms with Gasteiger partial charge in [-0.2, -0.15) is 0 Å². The van der Waals surface area contributed by atoms with Crippen molar-refractivity contribution in [3.05, 3.63) is 120 Å². The Kier molecular flexibility index (Phi) is 3.67. The van der Waals surface area contributed by atoms with E-state index >= 15 is 0 Å². The van der Waals surface area contributed by atoms with Crippen molar-refractivity contribution in [3.63, 3.8) is 0 Å². The molecule has 0 spiro atoms. The smallest absolute Gasteiger partial charge is 0.258 e. The van der Waals surface area contributed by atoms with E-state index in [2.05, 4.69) is 56.6 Å². The van der Waals surface area contributed by atoms with Gasteiger partial charge in [0.25, 0.3) is 5.56 Å². The van der Waals surface area contributed by atoms with Gasteiger partial charge in [0, 0.05) is 22.1 Å². The summed E-state index contributed by atoms with van der Waals surface area (Å²) in [7, 11) is 0. The number of aromatic amines is 1. The van der Waals surface area contributed by atoms with E-state index in [9.17, 15) is 4.79 Å². The molecule has 3 aromatic heterocycles. The molecule has 0 saturated carbocycles. The van der Waals surface area contributed by atoms with Crippen LogP contribution < -0.4 is 5.56 Å². The average Bonchev–Trinajstić information content (AvgIpc) is 3.39. The summed E-state index contributed by atoms with van der Waals surface area (Å²) in [5.41, 5.74) is 6.86. The fourth-order valence-electron chi connectivity index (χ4n) is 5.15. The highest BCUT2D eigenvalue weighted by Gasteiger charge is 2.23. The third kappa shape index (κ3) is 2.43. The van der Waals surface area contributed by atoms with Crippen LogP contribution in [0.15, 0.2) is 114 Å². The monoisotopic (exact) mass is 425 g/mol. The number of rotatable bonds is 2. The zero-order valence-electron chi connectivity index (χ0n) is 17.7. The van der Waals surface area contributed by atoms with Crippen molar-refractivity contribution in [2.45, 2.75) is 0 Å². The van der Waals surface area contributed by atoms with Gasteiger partial charge < -0.3 is 14.1 Å². The molecule has 7 aromatic rings. The van der Waals surface area contributed by atoms with E-state index < -0.39 is 0 Å². The van der Waals surface area contributed by atoms with Crippen LogP contribution in [-0.2, 0) is 0 Å². The second-order valence-corrected chi connectivity index (χ2v) is 8.28. The summed E-state index contributed by atoms with van der Waals surface area (Å²) in [5.74, 6) is 0. The standard InChI is InChI=1S/C29H19N3O/c33-29-25-21-15-7-9-17-23(21)31(19-11-3-1-4-12-19)27(25)28-26(30-29)22-16-8-10-18-24(22)32(28)20-13-5-2-6-14-20/h1-18H,(H,30,33). The summed E-state index contributed by atoms with van der Waals surface area (Å²) in [6.45, 7) is 0. The molecular weight excluding hydrogens is 406 g/mol. The van der Waals surface area contributed by atoms with Gasteiger partial charge in [-0.3, -0.25) is 4.79 Å². The molecule has 7 rings (SSSR count). The van der Waals surface area contributed by atoms with Crippen LogP contribution in [0, 0.1) is 0 Å². The molecule has 156 valence electrons. The molecule has 0 aliphatic heterocycles. The van der Waals surface area contributed by atoms with Crippen LogP contribution in [0.5, 0.6) is 0 Å². The van der Waals surface area contributed by atoms with E-state index in [0.29, 0.717) is 5.39 Å². The highest BCUT2D eigenvalue weighted by molar-refractivity contribution is 6.22. The number of fused-ring (bicyclic) bond motifs is 7. The summed E-state index contributed by atoms with van der Waals surface area (Å²) in [4.78, 5) is 16.8. The van der Waals surface area contributed by atoms with Crippen molar-refractivity contribution in [2.75, 3.05) is 0 Å². The number of benzene rings is 4. The lowest BCUT2D eigenvalue weighted by Gasteiger charge is -2.12. The van der Waals surface area contributed by atoms with Crippen LogP contribution in [0.3, 0.4) is 0 Å². The normalized spacial score (nSPS) is 11.8. The van der Waals surface area contributed by atoms with Crippen molar-refractivity contribution in [3.8, 4) is 11.4 Å². The first-order chi connectivity index (χ1) is 16.3. The van der Waals surface area contributed by atoms with Crippen LogP contribution >= 0.6 is 0 Å². The Labute approximate surface area is 188 Å². The maximum Gasteiger partial charge on any atom is 0.258 e. The van der Waals surface area contributed by atoms with Crippen molar-refractivity contribution in [1.82, 2.24) is 14.1 Å². The van der Waals surface area contributed by atoms with Gasteiger partial charge in [-0.25, -0.2) is 0 Å². The molecule has 0 radical (unpaired) electrons. The number of nitrogens with zero attached hydrogens (tertiary/aromatic N) is 2. The van der Waals surface area contributed by atoms with Gasteiger partial charge in [0.2, 0.25) is 0 Å². The van der Waals surface area contributed by atoms with Crippen LogP contribution in [0.1, 0.15) is 0 Å². The molecule has 3 heterocycles. The summed E-state index contributed by atoms with van der Waals surface area (Å²) < 4.78 is 4.49. The van der Waals surface area contributed by atoms with Gasteiger partial charge >= 0.3 is 0 Å². The molecule has 0 saturated heterocycles. The van der Waals surface area contributed by atoms with E-state index in [1.54, 1.807) is 0 Å². The number of hydrogen-bond donors (Lipinski definition) is 1. The average molecular weight is 425 g/mol. The van der Waals surface area contributed by atoms with Crippen LogP contribution in [0.4, 0.5) is 0 Å². The molecule has 0 aliphatic rings. The van der Waals surface area contributed by atoms with E-state index in [0.717, 1.165) is 49.7 Å². The Morgan fingerprint density at radius 1 is 0.515 bits per heavy atom. The Balaban J connectivity index is 1.85. The number of pyridine rings is 1. The maximum atomic E-state index is 13.6. The zero-order valence-corrected chi connectivity index (χ0v) is 17.7. The van der Waals surface area contributed by atoms with Gasteiger partial charge in [-0.05, 0) is 36.4 Å². The molecule has 0 fully saturated rings. The lowest BCUT2D eigenvalue weighted by Crippen LogP contribution is -2.07. The number of H-pyrrole nitrogens is 1. The summed E-state index contributed by atoms with van der Waals surface area (Å²) >= 11 is 0. The minimum Gasteiger partial charge on any atom is -0.319 e. The Morgan fingerprint density at radius 2 is 1.00 bits per heavy atom. The second-order valence-electron chi connectivity index (χ2n) is 8.28. The molecule has 4 heteroatoms. The lowest BCUT2D eigenvalue weighted by molar-refractivity contribution is 1.14. The molecule has 0 amide bonds. The first kappa shape index (κ1) is 18.0. The fourth-order valence-corrected chi connectivity index (χ4v) is 5.15. The highest BCUT2D eigenvalue weighted by atomic mass is 16.1. The minimum atomic E-state index is -0.0701. The molecular formula is C29H19N3O. The second kappa shape index (κ2) is 6.71. The molecule has 4 aromatic carbocycles. The van der Waals surface area contributed by atoms with Crippen molar-refractivity contribution < 1.29 is 0 Å². The molecule has 0 unspecified atom stereocenters. The van der Waals surface area contributed by atoms with E-state index in [1.165, 1.54) is 0 Å². The van der Waals surface area contributed by atoms with Gasteiger partial charge in [0.05, 0.1) is 33.0 Å². The van der Waals surface area contributed by atoms with Gasteiger partial charge in [0.1, 0.15) is 0 Å². The summed E-state index contributed by atoms with van der Waals surface area (Å²) in [5, 5.41) is 2.69. The van der Waals surface area contributed by atoms with E-state index in [1.807, 2.05) is 66.7 Å². The van der Waals surface area contributed by atoms with E-state index in [-0.39, 0.29) is 5.56 Å². The molecule has 0 bridgehead atoms.